The van der Waals surface area contributed by atoms with Crippen LogP contribution in [0.4, 0.5) is 0 Å². The molecule has 3 aromatic rings. The van der Waals surface area contributed by atoms with Crippen LogP contribution in [0.1, 0.15) is 11.1 Å². The van der Waals surface area contributed by atoms with E-state index < -0.39 is 0 Å². The normalized spacial score (nSPS) is 9.81. The molecule has 0 radical (unpaired) electrons. The zero-order valence-corrected chi connectivity index (χ0v) is 12.3. The van der Waals surface area contributed by atoms with Gasteiger partial charge in [-0.25, -0.2) is 0 Å². The molecule has 0 aliphatic carbocycles. The van der Waals surface area contributed by atoms with E-state index in [1.165, 1.54) is 22.0 Å². The van der Waals surface area contributed by atoms with Crippen LogP contribution in [0.5, 0.6) is 0 Å². The largest absolute Gasteiger partial charge is 0.373 e. The molecule has 0 unspecified atom stereocenters. The van der Waals surface area contributed by atoms with Crippen LogP contribution >= 0.6 is 11.6 Å². The highest BCUT2D eigenvalue weighted by atomic mass is 35.5. The molecule has 0 aliphatic rings. The van der Waals surface area contributed by atoms with Crippen LogP contribution in [0.15, 0.2) is 54.7 Å². The van der Waals surface area contributed by atoms with Gasteiger partial charge in [0.05, 0.1) is 5.52 Å². The molecule has 0 saturated carbocycles. The van der Waals surface area contributed by atoms with Crippen molar-refractivity contribution in [2.75, 3.05) is 0 Å². The fraction of sp³-hybridized carbons (Fsp3) is 0.118. The van der Waals surface area contributed by atoms with Crippen molar-refractivity contribution in [3.63, 3.8) is 0 Å². The Hall–Kier alpha value is -2.35. The van der Waals surface area contributed by atoms with E-state index in [2.05, 4.69) is 54.1 Å². The average molecular weight is 300 g/mol. The van der Waals surface area contributed by atoms with Gasteiger partial charge in [0.2, 0.25) is 0 Å². The fourth-order valence-electron chi connectivity index (χ4n) is 2.37. The standard InChI is InChI=1S/C16H14ClN.CO2/c1-12-3-2-4-14-9-10-18(16(12)14)11-13-5-7-15(17)8-6-13;2-1-3/h2-10H,11H2,1H3;. The Morgan fingerprint density at radius 1 is 1.05 bits per heavy atom. The van der Waals surface area contributed by atoms with Gasteiger partial charge in [0.1, 0.15) is 0 Å². The molecule has 0 saturated heterocycles. The van der Waals surface area contributed by atoms with Gasteiger partial charge in [-0.3, -0.25) is 0 Å². The van der Waals surface area contributed by atoms with Crippen LogP contribution in [0.2, 0.25) is 5.02 Å². The number of hydrogen-bond acceptors (Lipinski definition) is 2. The molecule has 2 aromatic carbocycles. The number of carbonyl (C=O) groups excluding carboxylic acids is 2. The molecular weight excluding hydrogens is 286 g/mol. The Morgan fingerprint density at radius 2 is 1.71 bits per heavy atom. The molecule has 0 fully saturated rings. The van der Waals surface area contributed by atoms with Crippen molar-refractivity contribution in [2.24, 2.45) is 0 Å². The third-order valence-electron chi connectivity index (χ3n) is 3.26. The molecule has 3 rings (SSSR count). The second kappa shape index (κ2) is 6.89. The topological polar surface area (TPSA) is 39.1 Å². The van der Waals surface area contributed by atoms with E-state index in [4.69, 9.17) is 21.2 Å². The van der Waals surface area contributed by atoms with Crippen molar-refractivity contribution in [1.82, 2.24) is 4.57 Å². The van der Waals surface area contributed by atoms with Gasteiger partial charge in [0.25, 0.3) is 0 Å². The summed E-state index contributed by atoms with van der Waals surface area (Å²) < 4.78 is 2.29. The molecule has 0 N–H and O–H groups in total. The molecule has 0 atom stereocenters. The molecule has 1 aromatic heterocycles. The molecule has 0 aliphatic heterocycles. The third-order valence-corrected chi connectivity index (χ3v) is 3.51. The van der Waals surface area contributed by atoms with Crippen molar-refractivity contribution >= 4 is 28.7 Å². The molecule has 106 valence electrons. The lowest BCUT2D eigenvalue weighted by atomic mass is 10.1. The molecular formula is C17H14ClNO2. The van der Waals surface area contributed by atoms with Crippen molar-refractivity contribution in [2.45, 2.75) is 13.5 Å². The van der Waals surface area contributed by atoms with E-state index in [0.29, 0.717) is 0 Å². The summed E-state index contributed by atoms with van der Waals surface area (Å²) in [4.78, 5) is 16.2. The number of aryl methyl sites for hydroxylation is 1. The number of benzene rings is 2. The first-order chi connectivity index (χ1) is 10.2. The number of fused-ring (bicyclic) bond motifs is 1. The summed E-state index contributed by atoms with van der Waals surface area (Å²) in [5, 5.41) is 2.08. The Labute approximate surface area is 127 Å². The molecule has 0 amide bonds. The van der Waals surface area contributed by atoms with Crippen LogP contribution in [-0.4, -0.2) is 10.7 Å². The first-order valence-electron chi connectivity index (χ1n) is 6.44. The highest BCUT2D eigenvalue weighted by molar-refractivity contribution is 6.30. The van der Waals surface area contributed by atoms with Gasteiger partial charge in [-0.15, -0.1) is 0 Å². The van der Waals surface area contributed by atoms with Crippen molar-refractivity contribution < 1.29 is 9.59 Å². The smallest absolute Gasteiger partial charge is 0.343 e. The predicted molar refractivity (Wildman–Crippen MR) is 82.2 cm³/mol. The van der Waals surface area contributed by atoms with Gasteiger partial charge in [0, 0.05) is 17.8 Å². The predicted octanol–water partition coefficient (Wildman–Crippen LogP) is 4.07. The molecule has 1 heterocycles. The van der Waals surface area contributed by atoms with E-state index in [1.807, 2.05) is 12.1 Å². The van der Waals surface area contributed by atoms with E-state index in [9.17, 15) is 0 Å². The second-order valence-electron chi connectivity index (χ2n) is 4.67. The summed E-state index contributed by atoms with van der Waals surface area (Å²) in [7, 11) is 0. The van der Waals surface area contributed by atoms with Gasteiger partial charge < -0.3 is 4.57 Å². The lowest BCUT2D eigenvalue weighted by Gasteiger charge is -2.08. The zero-order valence-electron chi connectivity index (χ0n) is 11.5. The van der Waals surface area contributed by atoms with E-state index in [-0.39, 0.29) is 6.15 Å². The summed E-state index contributed by atoms with van der Waals surface area (Å²) in [5.74, 6) is 0. The summed E-state index contributed by atoms with van der Waals surface area (Å²) >= 11 is 5.91. The summed E-state index contributed by atoms with van der Waals surface area (Å²) in [5.41, 5.74) is 3.89. The molecule has 3 nitrogen and oxygen atoms in total. The van der Waals surface area contributed by atoms with Gasteiger partial charge in [-0.05, 0) is 41.6 Å². The maximum Gasteiger partial charge on any atom is 0.373 e. The minimum absolute atomic E-state index is 0.250. The number of para-hydroxylation sites is 1. The van der Waals surface area contributed by atoms with E-state index >= 15 is 0 Å². The van der Waals surface area contributed by atoms with Crippen molar-refractivity contribution in [1.29, 1.82) is 0 Å². The number of hydrogen-bond donors (Lipinski definition) is 0. The maximum absolute atomic E-state index is 8.12. The number of aromatic nitrogens is 1. The number of nitrogens with zero attached hydrogens (tertiary/aromatic N) is 1. The summed E-state index contributed by atoms with van der Waals surface area (Å²) in [6, 6.07) is 16.6. The molecule has 4 heteroatoms. The zero-order chi connectivity index (χ0) is 15.2. The first-order valence-corrected chi connectivity index (χ1v) is 6.81. The van der Waals surface area contributed by atoms with E-state index in [1.54, 1.807) is 0 Å². The number of halogens is 1. The first kappa shape index (κ1) is 15.0. The summed E-state index contributed by atoms with van der Waals surface area (Å²) in [6.45, 7) is 3.03. The minimum Gasteiger partial charge on any atom is -0.343 e. The summed E-state index contributed by atoms with van der Waals surface area (Å²) in [6.07, 6.45) is 2.40. The van der Waals surface area contributed by atoms with Crippen molar-refractivity contribution in [3.8, 4) is 0 Å². The van der Waals surface area contributed by atoms with Crippen LogP contribution in [0.25, 0.3) is 10.9 Å². The Morgan fingerprint density at radius 3 is 2.38 bits per heavy atom. The van der Waals surface area contributed by atoms with Gasteiger partial charge in [0.15, 0.2) is 0 Å². The van der Waals surface area contributed by atoms with Crippen molar-refractivity contribution in [3.05, 3.63) is 70.9 Å². The lowest BCUT2D eigenvalue weighted by Crippen LogP contribution is -1.98. The Bertz CT molecular complexity index is 769. The minimum atomic E-state index is 0.250. The van der Waals surface area contributed by atoms with Gasteiger partial charge in [-0.1, -0.05) is 41.9 Å². The van der Waals surface area contributed by atoms with Crippen LogP contribution in [0, 0.1) is 6.92 Å². The second-order valence-corrected chi connectivity index (χ2v) is 5.10. The monoisotopic (exact) mass is 299 g/mol. The average Bonchev–Trinajstić information content (AvgIpc) is 2.87. The Kier molecular flexibility index (Phi) is 4.94. The number of rotatable bonds is 2. The SMILES string of the molecule is Cc1cccc2ccn(Cc3ccc(Cl)cc3)c12.O=C=O. The quantitative estimate of drug-likeness (QED) is 0.715. The van der Waals surface area contributed by atoms with E-state index in [0.717, 1.165) is 11.6 Å². The van der Waals surface area contributed by atoms with Crippen LogP contribution in [-0.2, 0) is 16.1 Å². The van der Waals surface area contributed by atoms with Crippen LogP contribution in [0.3, 0.4) is 0 Å². The lowest BCUT2D eigenvalue weighted by molar-refractivity contribution is -0.191. The molecule has 0 bridgehead atoms. The molecule has 0 spiro atoms. The third kappa shape index (κ3) is 3.60. The fourth-order valence-corrected chi connectivity index (χ4v) is 2.50. The highest BCUT2D eigenvalue weighted by Crippen LogP contribution is 2.21. The van der Waals surface area contributed by atoms with Crippen LogP contribution < -0.4 is 0 Å². The highest BCUT2D eigenvalue weighted by Gasteiger charge is 2.04. The van der Waals surface area contributed by atoms with Gasteiger partial charge in [-0.2, -0.15) is 9.59 Å². The Balaban J connectivity index is 0.000000497. The maximum atomic E-state index is 8.12. The van der Waals surface area contributed by atoms with Gasteiger partial charge >= 0.3 is 6.15 Å². The molecule has 21 heavy (non-hydrogen) atoms.